The van der Waals surface area contributed by atoms with Crippen LogP contribution in [0.3, 0.4) is 0 Å². The number of nitrogens with two attached hydrogens (primary N) is 1. The van der Waals surface area contributed by atoms with E-state index in [9.17, 15) is 0 Å². The fraction of sp³-hybridized carbons (Fsp3) is 0.250. The molecule has 11 heavy (non-hydrogen) atoms. The maximum Gasteiger partial charge on any atom is 0.158 e. The van der Waals surface area contributed by atoms with Crippen LogP contribution in [-0.4, -0.2) is 18.6 Å². The van der Waals surface area contributed by atoms with Gasteiger partial charge in [0.1, 0.15) is 0 Å². The van der Waals surface area contributed by atoms with Gasteiger partial charge < -0.3 is 5.73 Å². The van der Waals surface area contributed by atoms with Crippen LogP contribution in [0.15, 0.2) is 33.9 Å². The van der Waals surface area contributed by atoms with E-state index >= 15 is 0 Å². The molecule has 1 atom stereocenters. The minimum atomic E-state index is 0.284. The van der Waals surface area contributed by atoms with E-state index in [1.165, 1.54) is 0 Å². The Bertz CT molecular complexity index is 284. The Morgan fingerprint density at radius 2 is 2.45 bits per heavy atom. The average molecular weight is 147 g/mol. The Morgan fingerprint density at radius 3 is 3.27 bits per heavy atom. The molecule has 3 nitrogen and oxygen atoms in total. The van der Waals surface area contributed by atoms with Gasteiger partial charge >= 0.3 is 0 Å². The largest absolute Gasteiger partial charge is 0.330 e. The number of fused-ring (bicyclic) bond motifs is 1. The highest BCUT2D eigenvalue weighted by Crippen LogP contribution is 2.16. The van der Waals surface area contributed by atoms with E-state index in [1.807, 2.05) is 12.3 Å². The van der Waals surface area contributed by atoms with Crippen LogP contribution in [0.5, 0.6) is 0 Å². The van der Waals surface area contributed by atoms with Gasteiger partial charge in [0.05, 0.1) is 0 Å². The quantitative estimate of drug-likeness (QED) is 0.576. The average Bonchev–Trinajstić information content (AvgIpc) is 2.50. The minimum absolute atomic E-state index is 0.284. The van der Waals surface area contributed by atoms with Crippen LogP contribution in [0, 0.1) is 5.92 Å². The Morgan fingerprint density at radius 1 is 1.55 bits per heavy atom. The fourth-order valence-electron chi connectivity index (χ4n) is 1.14. The summed E-state index contributed by atoms with van der Waals surface area (Å²) in [6.07, 6.45) is 7.65. The topological polar surface area (TPSA) is 50.7 Å². The third-order valence-corrected chi connectivity index (χ3v) is 1.76. The molecule has 0 bridgehead atoms. The molecule has 0 aromatic heterocycles. The van der Waals surface area contributed by atoms with Gasteiger partial charge in [0.25, 0.3) is 0 Å². The lowest BCUT2D eigenvalue weighted by Crippen LogP contribution is -2.18. The molecule has 2 heterocycles. The van der Waals surface area contributed by atoms with Crippen molar-refractivity contribution in [2.45, 2.75) is 0 Å². The van der Waals surface area contributed by atoms with Gasteiger partial charge in [-0.05, 0) is 6.08 Å². The lowest BCUT2D eigenvalue weighted by molar-refractivity contribution is 0.873. The number of aliphatic imine (C=N–C) groups is 2. The van der Waals surface area contributed by atoms with E-state index in [2.05, 4.69) is 16.1 Å². The van der Waals surface area contributed by atoms with E-state index in [0.29, 0.717) is 6.54 Å². The molecular formula is C8H9N3. The van der Waals surface area contributed by atoms with Gasteiger partial charge in [0.15, 0.2) is 5.84 Å². The third-order valence-electron chi connectivity index (χ3n) is 1.76. The van der Waals surface area contributed by atoms with Gasteiger partial charge in [-0.1, -0.05) is 6.08 Å². The van der Waals surface area contributed by atoms with E-state index in [4.69, 9.17) is 5.73 Å². The molecule has 2 N–H and O–H groups in total. The Hall–Kier alpha value is -1.22. The summed E-state index contributed by atoms with van der Waals surface area (Å²) in [5, 5.41) is 0. The molecule has 0 saturated heterocycles. The van der Waals surface area contributed by atoms with Gasteiger partial charge in [-0.25, -0.2) is 9.98 Å². The molecule has 0 aliphatic carbocycles. The van der Waals surface area contributed by atoms with Crippen LogP contribution in [0.1, 0.15) is 0 Å². The molecule has 3 heteroatoms. The summed E-state index contributed by atoms with van der Waals surface area (Å²) in [7, 11) is 0. The van der Waals surface area contributed by atoms with Crippen LogP contribution in [0.2, 0.25) is 0 Å². The number of dihydropyridines is 1. The first-order valence-corrected chi connectivity index (χ1v) is 3.61. The van der Waals surface area contributed by atoms with Crippen molar-refractivity contribution in [2.75, 3.05) is 6.54 Å². The standard InChI is InChI=1S/C8H9N3/c9-4-6-3-7-1-2-10-8(7)11-5-6/h1-3,5-6H,4,9H2/t6-/m1/s1. The predicted molar refractivity (Wildman–Crippen MR) is 45.7 cm³/mol. The zero-order chi connectivity index (χ0) is 7.68. The first-order valence-electron chi connectivity index (χ1n) is 3.61. The summed E-state index contributed by atoms with van der Waals surface area (Å²) < 4.78 is 0. The summed E-state index contributed by atoms with van der Waals surface area (Å²) >= 11 is 0. The second-order valence-electron chi connectivity index (χ2n) is 2.57. The third kappa shape index (κ3) is 1.03. The summed E-state index contributed by atoms with van der Waals surface area (Å²) in [5.41, 5.74) is 6.59. The van der Waals surface area contributed by atoms with Crippen molar-refractivity contribution >= 4 is 12.1 Å². The molecule has 0 aromatic carbocycles. The van der Waals surface area contributed by atoms with Gasteiger partial charge in [-0.3, -0.25) is 0 Å². The van der Waals surface area contributed by atoms with E-state index in [-0.39, 0.29) is 5.92 Å². The zero-order valence-electron chi connectivity index (χ0n) is 6.07. The fourth-order valence-corrected chi connectivity index (χ4v) is 1.14. The second-order valence-corrected chi connectivity index (χ2v) is 2.57. The molecule has 0 radical (unpaired) electrons. The lowest BCUT2D eigenvalue weighted by Gasteiger charge is -2.09. The predicted octanol–water partition coefficient (Wildman–Crippen LogP) is 0.498. The molecule has 0 amide bonds. The molecule has 2 aliphatic rings. The minimum Gasteiger partial charge on any atom is -0.330 e. The molecule has 2 aliphatic heterocycles. The maximum absolute atomic E-state index is 5.49. The van der Waals surface area contributed by atoms with Crippen molar-refractivity contribution in [1.29, 1.82) is 0 Å². The number of amidine groups is 1. The number of rotatable bonds is 1. The number of hydrogen-bond donors (Lipinski definition) is 1. The summed E-state index contributed by atoms with van der Waals surface area (Å²) in [6, 6.07) is 0. The molecule has 0 fully saturated rings. The van der Waals surface area contributed by atoms with Crippen LogP contribution >= 0.6 is 0 Å². The lowest BCUT2D eigenvalue weighted by atomic mass is 10.0. The number of nitrogens with zero attached hydrogens (tertiary/aromatic N) is 2. The molecule has 0 aromatic rings. The van der Waals surface area contributed by atoms with Crippen LogP contribution < -0.4 is 5.73 Å². The van der Waals surface area contributed by atoms with E-state index < -0.39 is 0 Å². The van der Waals surface area contributed by atoms with Crippen molar-refractivity contribution < 1.29 is 0 Å². The first-order chi connectivity index (χ1) is 5.40. The van der Waals surface area contributed by atoms with Gasteiger partial charge in [0, 0.05) is 30.5 Å². The second kappa shape index (κ2) is 2.43. The molecule has 2 rings (SSSR count). The summed E-state index contributed by atoms with van der Waals surface area (Å²) in [4.78, 5) is 8.21. The van der Waals surface area contributed by atoms with E-state index in [1.54, 1.807) is 6.20 Å². The molecule has 56 valence electrons. The smallest absolute Gasteiger partial charge is 0.158 e. The Labute approximate surface area is 65.0 Å². The van der Waals surface area contributed by atoms with Crippen LogP contribution in [0.25, 0.3) is 0 Å². The SMILES string of the molecule is NC[C@@H]1C=NC2=NC=CC2=C1. The highest BCUT2D eigenvalue weighted by atomic mass is 14.9. The van der Waals surface area contributed by atoms with Crippen molar-refractivity contribution in [1.82, 2.24) is 0 Å². The van der Waals surface area contributed by atoms with Crippen molar-refractivity contribution in [3.63, 3.8) is 0 Å². The van der Waals surface area contributed by atoms with Gasteiger partial charge in [-0.15, -0.1) is 0 Å². The summed E-state index contributed by atoms with van der Waals surface area (Å²) in [5.74, 6) is 1.10. The van der Waals surface area contributed by atoms with E-state index in [0.717, 1.165) is 11.4 Å². The van der Waals surface area contributed by atoms with Gasteiger partial charge in [-0.2, -0.15) is 0 Å². The van der Waals surface area contributed by atoms with Crippen molar-refractivity contribution in [3.05, 3.63) is 23.9 Å². The number of hydrogen-bond acceptors (Lipinski definition) is 3. The molecule has 0 spiro atoms. The maximum atomic E-state index is 5.49. The van der Waals surface area contributed by atoms with Crippen LogP contribution in [0.4, 0.5) is 0 Å². The van der Waals surface area contributed by atoms with Gasteiger partial charge in [0.2, 0.25) is 0 Å². The summed E-state index contributed by atoms with van der Waals surface area (Å²) in [6.45, 7) is 0.619. The van der Waals surface area contributed by atoms with Crippen molar-refractivity contribution in [3.8, 4) is 0 Å². The molecule has 0 saturated carbocycles. The first kappa shape index (κ1) is 6.49. The van der Waals surface area contributed by atoms with Crippen molar-refractivity contribution in [2.24, 2.45) is 21.6 Å². The van der Waals surface area contributed by atoms with Crippen LogP contribution in [-0.2, 0) is 0 Å². The zero-order valence-corrected chi connectivity index (χ0v) is 6.07. The molecule has 0 unspecified atom stereocenters. The molecular weight excluding hydrogens is 138 g/mol. The highest BCUT2D eigenvalue weighted by molar-refractivity contribution is 6.09. The Balaban J connectivity index is 2.30. The highest BCUT2D eigenvalue weighted by Gasteiger charge is 2.13. The Kier molecular flexibility index (Phi) is 1.43. The normalized spacial score (nSPS) is 26.5. The monoisotopic (exact) mass is 147 g/mol.